The number of nitrogens with zero attached hydrogens (tertiary/aromatic N) is 2. The van der Waals surface area contributed by atoms with Crippen LogP contribution in [0.4, 0.5) is 11.6 Å². The van der Waals surface area contributed by atoms with Crippen molar-refractivity contribution in [3.63, 3.8) is 0 Å². The number of anilines is 2. The number of rotatable bonds is 5. The minimum absolute atomic E-state index is 0.107. The molecular weight excluding hydrogens is 323 g/mol. The Kier molecular flexibility index (Phi) is 5.57. The molecule has 22 heavy (non-hydrogen) atoms. The van der Waals surface area contributed by atoms with Crippen LogP contribution in [0.2, 0.25) is 10.0 Å². The predicted octanol–water partition coefficient (Wildman–Crippen LogP) is 4.06. The second-order valence-corrected chi connectivity index (χ2v) is 5.67. The maximum Gasteiger partial charge on any atom is 0.254 e. The van der Waals surface area contributed by atoms with E-state index in [9.17, 15) is 4.79 Å². The van der Waals surface area contributed by atoms with E-state index in [2.05, 4.69) is 20.6 Å². The Bertz CT molecular complexity index is 661. The fourth-order valence-electron chi connectivity index (χ4n) is 1.63. The minimum atomic E-state index is -0.193. The second kappa shape index (κ2) is 7.42. The minimum Gasteiger partial charge on any atom is -0.350 e. The Balaban J connectivity index is 2.09. The second-order valence-electron chi connectivity index (χ2n) is 4.83. The van der Waals surface area contributed by atoms with E-state index in [0.717, 1.165) is 6.42 Å². The lowest BCUT2D eigenvalue weighted by Gasteiger charge is -2.11. The number of amides is 1. The van der Waals surface area contributed by atoms with Gasteiger partial charge >= 0.3 is 0 Å². The maximum absolute atomic E-state index is 11.9. The van der Waals surface area contributed by atoms with Crippen LogP contribution < -0.4 is 10.6 Å². The number of hydrogen-bond donors (Lipinski definition) is 2. The van der Waals surface area contributed by atoms with Gasteiger partial charge in [-0.3, -0.25) is 4.79 Å². The highest BCUT2D eigenvalue weighted by molar-refractivity contribution is 6.35. The summed E-state index contributed by atoms with van der Waals surface area (Å²) in [6.45, 7) is 3.94. The third-order valence-corrected chi connectivity index (χ3v) is 3.64. The molecule has 1 aromatic carbocycles. The van der Waals surface area contributed by atoms with Gasteiger partial charge in [-0.1, -0.05) is 30.1 Å². The summed E-state index contributed by atoms with van der Waals surface area (Å²) in [4.78, 5) is 20.2. The van der Waals surface area contributed by atoms with Gasteiger partial charge in [0.25, 0.3) is 5.91 Å². The smallest absolute Gasteiger partial charge is 0.254 e. The molecule has 1 amide bonds. The lowest BCUT2D eigenvalue weighted by molar-refractivity contribution is 0.0938. The van der Waals surface area contributed by atoms with Gasteiger partial charge in [0, 0.05) is 23.5 Å². The Labute approximate surface area is 139 Å². The number of aromatic nitrogens is 2. The van der Waals surface area contributed by atoms with Gasteiger partial charge in [-0.05, 0) is 31.5 Å². The molecule has 0 spiro atoms. The van der Waals surface area contributed by atoms with Crippen LogP contribution in [-0.2, 0) is 0 Å². The molecule has 0 radical (unpaired) electrons. The average molecular weight is 339 g/mol. The Morgan fingerprint density at radius 3 is 2.59 bits per heavy atom. The Morgan fingerprint density at radius 1 is 1.27 bits per heavy atom. The van der Waals surface area contributed by atoms with Crippen LogP contribution in [0, 0.1) is 0 Å². The van der Waals surface area contributed by atoms with Crippen LogP contribution in [0.3, 0.4) is 0 Å². The molecular formula is C15H16Cl2N4O. The van der Waals surface area contributed by atoms with E-state index in [1.54, 1.807) is 18.2 Å². The summed E-state index contributed by atoms with van der Waals surface area (Å²) in [6, 6.07) is 5.16. The summed E-state index contributed by atoms with van der Waals surface area (Å²) < 4.78 is 0. The monoisotopic (exact) mass is 338 g/mol. The van der Waals surface area contributed by atoms with Crippen LogP contribution >= 0.6 is 23.2 Å². The molecule has 0 aliphatic carbocycles. The van der Waals surface area contributed by atoms with Crippen molar-refractivity contribution in [1.82, 2.24) is 15.3 Å². The number of benzene rings is 1. The molecule has 1 heterocycles. The van der Waals surface area contributed by atoms with E-state index in [1.807, 2.05) is 13.8 Å². The van der Waals surface area contributed by atoms with Gasteiger partial charge in [0.15, 0.2) is 0 Å². The molecule has 1 atom stereocenters. The van der Waals surface area contributed by atoms with Gasteiger partial charge < -0.3 is 10.6 Å². The molecule has 0 aliphatic rings. The lowest BCUT2D eigenvalue weighted by Crippen LogP contribution is -2.32. The first-order valence-corrected chi connectivity index (χ1v) is 7.60. The van der Waals surface area contributed by atoms with Crippen molar-refractivity contribution in [2.24, 2.45) is 0 Å². The summed E-state index contributed by atoms with van der Waals surface area (Å²) in [5, 5.41) is 6.87. The lowest BCUT2D eigenvalue weighted by atomic mass is 10.2. The zero-order valence-electron chi connectivity index (χ0n) is 12.2. The molecule has 1 aromatic heterocycles. The van der Waals surface area contributed by atoms with Crippen LogP contribution in [0.25, 0.3) is 0 Å². The third-order valence-electron chi connectivity index (χ3n) is 3.08. The molecule has 0 aliphatic heterocycles. The topological polar surface area (TPSA) is 66.9 Å². The molecule has 5 nitrogen and oxygen atoms in total. The summed E-state index contributed by atoms with van der Waals surface area (Å²) in [5.41, 5.74) is 1.01. The molecule has 2 aromatic rings. The van der Waals surface area contributed by atoms with Crippen LogP contribution in [0.1, 0.15) is 30.6 Å². The first-order valence-electron chi connectivity index (χ1n) is 6.84. The number of halogens is 2. The molecule has 116 valence electrons. The molecule has 0 bridgehead atoms. The van der Waals surface area contributed by atoms with E-state index in [1.165, 1.54) is 12.4 Å². The number of carbonyl (C=O) groups is 1. The van der Waals surface area contributed by atoms with E-state index < -0.39 is 0 Å². The van der Waals surface area contributed by atoms with E-state index in [0.29, 0.717) is 27.2 Å². The Morgan fingerprint density at radius 2 is 1.95 bits per heavy atom. The summed E-state index contributed by atoms with van der Waals surface area (Å²) >= 11 is 12.0. The molecule has 0 saturated heterocycles. The maximum atomic E-state index is 11.9. The van der Waals surface area contributed by atoms with Crippen LogP contribution in [0.5, 0.6) is 0 Å². The predicted molar refractivity (Wildman–Crippen MR) is 89.0 cm³/mol. The van der Waals surface area contributed by atoms with E-state index in [4.69, 9.17) is 23.2 Å². The SMILES string of the molecule is CCC(C)NC(=O)c1cnc(Nc2cc(Cl)ccc2Cl)nc1. The van der Waals surface area contributed by atoms with Gasteiger partial charge in [0.05, 0.1) is 16.3 Å². The fourth-order valence-corrected chi connectivity index (χ4v) is 1.97. The van der Waals surface area contributed by atoms with E-state index in [-0.39, 0.29) is 11.9 Å². The van der Waals surface area contributed by atoms with Crippen molar-refractivity contribution in [3.05, 3.63) is 46.2 Å². The van der Waals surface area contributed by atoms with Crippen LogP contribution in [-0.4, -0.2) is 21.9 Å². The summed E-state index contributed by atoms with van der Waals surface area (Å²) in [5.74, 6) is 0.144. The molecule has 2 rings (SSSR count). The van der Waals surface area contributed by atoms with Crippen molar-refractivity contribution in [2.45, 2.75) is 26.3 Å². The van der Waals surface area contributed by atoms with Crippen molar-refractivity contribution in [3.8, 4) is 0 Å². The van der Waals surface area contributed by atoms with Gasteiger partial charge in [0.2, 0.25) is 5.95 Å². The molecule has 2 N–H and O–H groups in total. The first-order chi connectivity index (χ1) is 10.5. The molecule has 0 saturated carbocycles. The zero-order valence-corrected chi connectivity index (χ0v) is 13.7. The van der Waals surface area contributed by atoms with Crippen molar-refractivity contribution < 1.29 is 4.79 Å². The largest absolute Gasteiger partial charge is 0.350 e. The molecule has 0 fully saturated rings. The van der Waals surface area contributed by atoms with Gasteiger partial charge in [-0.25, -0.2) is 9.97 Å². The first kappa shape index (κ1) is 16.5. The highest BCUT2D eigenvalue weighted by atomic mass is 35.5. The quantitative estimate of drug-likeness (QED) is 0.862. The van der Waals surface area contributed by atoms with Gasteiger partial charge in [-0.2, -0.15) is 0 Å². The highest BCUT2D eigenvalue weighted by Gasteiger charge is 2.10. The van der Waals surface area contributed by atoms with Gasteiger partial charge in [-0.15, -0.1) is 0 Å². The van der Waals surface area contributed by atoms with Crippen molar-refractivity contribution in [2.75, 3.05) is 5.32 Å². The highest BCUT2D eigenvalue weighted by Crippen LogP contribution is 2.27. The summed E-state index contributed by atoms with van der Waals surface area (Å²) in [6.07, 6.45) is 3.79. The zero-order chi connectivity index (χ0) is 16.1. The number of hydrogen-bond acceptors (Lipinski definition) is 4. The van der Waals surface area contributed by atoms with Crippen molar-refractivity contribution >= 4 is 40.7 Å². The van der Waals surface area contributed by atoms with E-state index >= 15 is 0 Å². The number of nitrogens with one attached hydrogen (secondary N) is 2. The van der Waals surface area contributed by atoms with Crippen molar-refractivity contribution in [1.29, 1.82) is 0 Å². The normalized spacial score (nSPS) is 11.8. The van der Waals surface area contributed by atoms with Crippen LogP contribution in [0.15, 0.2) is 30.6 Å². The standard InChI is InChI=1S/C15H16Cl2N4O/c1-3-9(2)20-14(22)10-7-18-15(19-8-10)21-13-6-11(16)4-5-12(13)17/h4-9H,3H2,1-2H3,(H,20,22)(H,18,19,21). The van der Waals surface area contributed by atoms with Gasteiger partial charge in [0.1, 0.15) is 0 Å². The number of carbonyl (C=O) groups excluding carboxylic acids is 1. The fraction of sp³-hybridized carbons (Fsp3) is 0.267. The molecule has 7 heteroatoms. The molecule has 1 unspecified atom stereocenters. The summed E-state index contributed by atoms with van der Waals surface area (Å²) in [7, 11) is 0. The third kappa shape index (κ3) is 4.32. The Hall–Kier alpha value is -1.85. The average Bonchev–Trinajstić information content (AvgIpc) is 2.51.